The zero-order valence-electron chi connectivity index (χ0n) is 8.64. The molecule has 0 amide bonds. The van der Waals surface area contributed by atoms with E-state index in [0.717, 1.165) is 0 Å². The summed E-state index contributed by atoms with van der Waals surface area (Å²) in [5, 5.41) is 1.07. The van der Waals surface area contributed by atoms with Crippen LogP contribution < -0.4 is 20.9 Å². The standard InChI is InChI=1S/C10H11N3O2S/c1-14-8-4-6(11)2-3-7(8)15-9-5-13-10(12)16-9/h2-5H,11H2,1H3,(H2,12,13). The molecule has 0 aliphatic heterocycles. The number of hydrogen-bond donors (Lipinski definition) is 2. The van der Waals surface area contributed by atoms with Crippen molar-refractivity contribution in [2.45, 2.75) is 0 Å². The number of thiazole rings is 1. The minimum atomic E-state index is 0.462. The Kier molecular flexibility index (Phi) is 2.82. The summed E-state index contributed by atoms with van der Waals surface area (Å²) in [7, 11) is 1.56. The lowest BCUT2D eigenvalue weighted by molar-refractivity contribution is 0.382. The number of hydrogen-bond acceptors (Lipinski definition) is 6. The number of benzene rings is 1. The second kappa shape index (κ2) is 4.28. The van der Waals surface area contributed by atoms with Crippen molar-refractivity contribution < 1.29 is 9.47 Å². The van der Waals surface area contributed by atoms with E-state index in [1.54, 1.807) is 31.5 Å². The fourth-order valence-corrected chi connectivity index (χ4v) is 1.74. The molecular weight excluding hydrogens is 226 g/mol. The van der Waals surface area contributed by atoms with Gasteiger partial charge in [0.1, 0.15) is 0 Å². The SMILES string of the molecule is COc1cc(N)ccc1Oc1cnc(N)s1. The van der Waals surface area contributed by atoms with Crippen LogP contribution in [0.5, 0.6) is 16.6 Å². The van der Waals surface area contributed by atoms with Gasteiger partial charge in [0.15, 0.2) is 16.6 Å². The summed E-state index contributed by atoms with van der Waals surface area (Å²) in [5.74, 6) is 1.16. The van der Waals surface area contributed by atoms with Crippen LogP contribution >= 0.6 is 11.3 Å². The molecule has 0 saturated carbocycles. The summed E-state index contributed by atoms with van der Waals surface area (Å²) in [4.78, 5) is 3.89. The predicted molar refractivity (Wildman–Crippen MR) is 64.0 cm³/mol. The van der Waals surface area contributed by atoms with Crippen molar-refractivity contribution in [2.75, 3.05) is 18.6 Å². The lowest BCUT2D eigenvalue weighted by Crippen LogP contribution is -1.91. The van der Waals surface area contributed by atoms with Crippen molar-refractivity contribution in [1.29, 1.82) is 0 Å². The Bertz CT molecular complexity index is 499. The van der Waals surface area contributed by atoms with E-state index in [-0.39, 0.29) is 0 Å². The highest BCUT2D eigenvalue weighted by molar-refractivity contribution is 7.17. The molecular formula is C10H11N3O2S. The van der Waals surface area contributed by atoms with Gasteiger partial charge < -0.3 is 20.9 Å². The zero-order valence-corrected chi connectivity index (χ0v) is 9.45. The minimum absolute atomic E-state index is 0.462. The molecule has 1 heterocycles. The zero-order chi connectivity index (χ0) is 11.5. The van der Waals surface area contributed by atoms with Crippen LogP contribution in [0.15, 0.2) is 24.4 Å². The lowest BCUT2D eigenvalue weighted by atomic mass is 10.3. The Morgan fingerprint density at radius 2 is 2.06 bits per heavy atom. The van der Waals surface area contributed by atoms with Crippen molar-refractivity contribution in [2.24, 2.45) is 0 Å². The first kappa shape index (κ1) is 10.6. The highest BCUT2D eigenvalue weighted by atomic mass is 32.1. The van der Waals surface area contributed by atoms with Gasteiger partial charge in [-0.05, 0) is 12.1 Å². The van der Waals surface area contributed by atoms with Crippen LogP contribution in [0.2, 0.25) is 0 Å². The molecule has 0 saturated heterocycles. The monoisotopic (exact) mass is 237 g/mol. The Labute approximate surface area is 96.6 Å². The second-order valence-corrected chi connectivity index (χ2v) is 4.05. The van der Waals surface area contributed by atoms with Gasteiger partial charge in [0.25, 0.3) is 0 Å². The van der Waals surface area contributed by atoms with Gasteiger partial charge in [0.05, 0.1) is 13.3 Å². The molecule has 0 atom stereocenters. The topological polar surface area (TPSA) is 83.4 Å². The maximum atomic E-state index is 5.64. The molecule has 0 fully saturated rings. The van der Waals surface area contributed by atoms with Gasteiger partial charge in [0.2, 0.25) is 5.06 Å². The van der Waals surface area contributed by atoms with E-state index in [4.69, 9.17) is 20.9 Å². The average molecular weight is 237 g/mol. The molecule has 4 N–H and O–H groups in total. The minimum Gasteiger partial charge on any atom is -0.493 e. The van der Waals surface area contributed by atoms with Crippen molar-refractivity contribution in [3.63, 3.8) is 0 Å². The van der Waals surface area contributed by atoms with Crippen molar-refractivity contribution >= 4 is 22.2 Å². The van der Waals surface area contributed by atoms with Gasteiger partial charge in [-0.25, -0.2) is 4.98 Å². The fourth-order valence-electron chi connectivity index (χ4n) is 1.20. The Morgan fingerprint density at radius 3 is 2.69 bits per heavy atom. The van der Waals surface area contributed by atoms with E-state index in [2.05, 4.69) is 4.98 Å². The number of aromatic nitrogens is 1. The molecule has 2 aromatic rings. The Morgan fingerprint density at radius 1 is 1.25 bits per heavy atom. The highest BCUT2D eigenvalue weighted by Crippen LogP contribution is 2.35. The molecule has 2 rings (SSSR count). The molecule has 0 spiro atoms. The number of nitrogens with zero attached hydrogens (tertiary/aromatic N) is 1. The maximum absolute atomic E-state index is 5.64. The number of nitrogens with two attached hydrogens (primary N) is 2. The molecule has 6 heteroatoms. The van der Waals surface area contributed by atoms with E-state index in [9.17, 15) is 0 Å². The average Bonchev–Trinajstić information content (AvgIpc) is 2.67. The number of rotatable bonds is 3. The summed E-state index contributed by atoms with van der Waals surface area (Å²) in [6.45, 7) is 0. The Hall–Kier alpha value is -1.95. The van der Waals surface area contributed by atoms with Crippen molar-refractivity contribution in [3.8, 4) is 16.6 Å². The molecule has 16 heavy (non-hydrogen) atoms. The first-order valence-corrected chi connectivity index (χ1v) is 5.33. The number of nitrogen functional groups attached to an aromatic ring is 2. The lowest BCUT2D eigenvalue weighted by Gasteiger charge is -2.08. The highest BCUT2D eigenvalue weighted by Gasteiger charge is 2.07. The van der Waals surface area contributed by atoms with Crippen LogP contribution in [0.3, 0.4) is 0 Å². The molecule has 5 nitrogen and oxygen atoms in total. The third-order valence-electron chi connectivity index (χ3n) is 1.90. The molecule has 0 radical (unpaired) electrons. The molecule has 0 bridgehead atoms. The summed E-state index contributed by atoms with van der Waals surface area (Å²) in [6, 6.07) is 5.17. The first-order chi connectivity index (χ1) is 7.69. The maximum Gasteiger partial charge on any atom is 0.202 e. The van der Waals surface area contributed by atoms with Crippen LogP contribution in [0, 0.1) is 0 Å². The smallest absolute Gasteiger partial charge is 0.202 e. The normalized spacial score (nSPS) is 10.1. The molecule has 1 aromatic heterocycles. The molecule has 1 aromatic carbocycles. The van der Waals surface area contributed by atoms with Gasteiger partial charge in [-0.3, -0.25) is 0 Å². The van der Waals surface area contributed by atoms with Gasteiger partial charge >= 0.3 is 0 Å². The molecule has 84 valence electrons. The van der Waals surface area contributed by atoms with E-state index in [0.29, 0.717) is 27.4 Å². The summed E-state index contributed by atoms with van der Waals surface area (Å²) >= 11 is 1.26. The second-order valence-electron chi connectivity index (χ2n) is 3.03. The molecule has 0 unspecified atom stereocenters. The summed E-state index contributed by atoms with van der Waals surface area (Å²) in [5.41, 5.74) is 11.8. The van der Waals surface area contributed by atoms with Crippen LogP contribution in [-0.2, 0) is 0 Å². The number of anilines is 2. The van der Waals surface area contributed by atoms with Gasteiger partial charge in [-0.1, -0.05) is 11.3 Å². The van der Waals surface area contributed by atoms with Gasteiger partial charge in [-0.2, -0.15) is 0 Å². The van der Waals surface area contributed by atoms with Crippen molar-refractivity contribution in [3.05, 3.63) is 24.4 Å². The van der Waals surface area contributed by atoms with E-state index >= 15 is 0 Å². The number of ether oxygens (including phenoxy) is 2. The van der Waals surface area contributed by atoms with Crippen LogP contribution in [0.25, 0.3) is 0 Å². The quantitative estimate of drug-likeness (QED) is 0.799. The van der Waals surface area contributed by atoms with Crippen LogP contribution in [-0.4, -0.2) is 12.1 Å². The van der Waals surface area contributed by atoms with Crippen molar-refractivity contribution in [1.82, 2.24) is 4.98 Å². The summed E-state index contributed by atoms with van der Waals surface area (Å²) < 4.78 is 10.7. The molecule has 0 aliphatic rings. The first-order valence-electron chi connectivity index (χ1n) is 4.51. The van der Waals surface area contributed by atoms with Gasteiger partial charge in [-0.15, -0.1) is 0 Å². The fraction of sp³-hybridized carbons (Fsp3) is 0.100. The number of methoxy groups -OCH3 is 1. The van der Waals surface area contributed by atoms with Gasteiger partial charge in [0, 0.05) is 11.8 Å². The van der Waals surface area contributed by atoms with E-state index in [1.165, 1.54) is 11.3 Å². The third kappa shape index (κ3) is 2.17. The third-order valence-corrected chi connectivity index (χ3v) is 2.61. The van der Waals surface area contributed by atoms with Crippen LogP contribution in [0.4, 0.5) is 10.8 Å². The van der Waals surface area contributed by atoms with Crippen LogP contribution in [0.1, 0.15) is 0 Å². The summed E-state index contributed by atoms with van der Waals surface area (Å²) in [6.07, 6.45) is 1.57. The molecule has 0 aliphatic carbocycles. The van der Waals surface area contributed by atoms with E-state index in [1.807, 2.05) is 0 Å². The Balaban J connectivity index is 2.27. The van der Waals surface area contributed by atoms with E-state index < -0.39 is 0 Å². The predicted octanol–water partition coefficient (Wildman–Crippen LogP) is 2.11. The largest absolute Gasteiger partial charge is 0.493 e.